The van der Waals surface area contributed by atoms with E-state index in [4.69, 9.17) is 4.74 Å². The number of hydrogen-bond acceptors (Lipinski definition) is 4. The van der Waals surface area contributed by atoms with Gasteiger partial charge in [0, 0.05) is 22.9 Å². The van der Waals surface area contributed by atoms with Crippen LogP contribution in [-0.2, 0) is 0 Å². The molecule has 3 N–H and O–H groups in total. The van der Waals surface area contributed by atoms with Crippen LogP contribution in [-0.4, -0.2) is 21.8 Å². The molecule has 0 spiro atoms. The Hall–Kier alpha value is -3.13. The molecule has 3 aromatic rings. The van der Waals surface area contributed by atoms with Gasteiger partial charge in [-0.1, -0.05) is 30.3 Å². The molecule has 0 saturated heterocycles. The molecule has 138 valence electrons. The zero-order valence-electron chi connectivity index (χ0n) is 14.4. The summed E-state index contributed by atoms with van der Waals surface area (Å²) in [7, 11) is 0. The molecule has 7 nitrogen and oxygen atoms in total. The van der Waals surface area contributed by atoms with Gasteiger partial charge >= 0.3 is 0 Å². The number of carbonyl (C=O) groups is 2. The number of carbonyl (C=O) groups excluding carboxylic acids is 2. The molecule has 0 aliphatic heterocycles. The van der Waals surface area contributed by atoms with E-state index in [1.54, 1.807) is 24.4 Å². The molecule has 0 fully saturated rings. The predicted octanol–water partition coefficient (Wildman–Crippen LogP) is 3.39. The van der Waals surface area contributed by atoms with Crippen molar-refractivity contribution >= 4 is 27.7 Å². The van der Waals surface area contributed by atoms with Crippen molar-refractivity contribution in [2.75, 3.05) is 0 Å². The van der Waals surface area contributed by atoms with Crippen LogP contribution in [0.2, 0.25) is 0 Å². The van der Waals surface area contributed by atoms with Crippen LogP contribution in [0.5, 0.6) is 5.88 Å². The molecule has 0 bridgehead atoms. The van der Waals surface area contributed by atoms with Gasteiger partial charge in [0.15, 0.2) is 0 Å². The van der Waals surface area contributed by atoms with Gasteiger partial charge in [-0.25, -0.2) is 4.98 Å². The average molecular weight is 429 g/mol. The Morgan fingerprint density at radius 2 is 1.85 bits per heavy atom. The van der Waals surface area contributed by atoms with Crippen molar-refractivity contribution in [2.45, 2.75) is 13.0 Å². The first-order valence-electron chi connectivity index (χ1n) is 8.15. The Bertz CT molecular complexity index is 926. The number of nitrogens with one attached hydrogen (secondary N) is 3. The summed E-state index contributed by atoms with van der Waals surface area (Å²) in [4.78, 5) is 30.9. The largest absolute Gasteiger partial charge is 0.470 e. The molecule has 0 radical (unpaired) electrons. The van der Waals surface area contributed by atoms with E-state index in [2.05, 4.69) is 36.7 Å². The van der Waals surface area contributed by atoms with Crippen LogP contribution in [0.25, 0.3) is 0 Å². The van der Waals surface area contributed by atoms with Crippen LogP contribution in [0.3, 0.4) is 0 Å². The standard InChI is InChI=1S/C19H17BrN4O3/c1-12(13-5-3-2-4-6-13)27-17-8-7-14(10-22-17)18(25)23-24-19(26)16-9-15(20)11-21-16/h2-12,21H,1H3,(H,23,25)(H,24,26)/t12-/m1/s1. The third-order valence-electron chi connectivity index (χ3n) is 3.75. The lowest BCUT2D eigenvalue weighted by atomic mass is 10.1. The van der Waals surface area contributed by atoms with Gasteiger partial charge in [-0.05, 0) is 40.5 Å². The minimum Gasteiger partial charge on any atom is -0.470 e. The molecule has 1 aromatic carbocycles. The third-order valence-corrected chi connectivity index (χ3v) is 4.20. The number of amides is 2. The number of aromatic amines is 1. The SMILES string of the molecule is C[C@@H](Oc1ccc(C(=O)NNC(=O)c2cc(Br)c[nH]2)cn1)c1ccccc1. The Kier molecular flexibility index (Phi) is 5.87. The van der Waals surface area contributed by atoms with Gasteiger partial charge in [0.1, 0.15) is 11.8 Å². The summed E-state index contributed by atoms with van der Waals surface area (Å²) in [5, 5.41) is 0. The fraction of sp³-hybridized carbons (Fsp3) is 0.105. The summed E-state index contributed by atoms with van der Waals surface area (Å²) in [5.41, 5.74) is 6.31. The summed E-state index contributed by atoms with van der Waals surface area (Å²) in [5.74, 6) is -0.536. The second-order valence-electron chi connectivity index (χ2n) is 5.70. The van der Waals surface area contributed by atoms with Gasteiger partial charge in [-0.2, -0.15) is 0 Å². The Morgan fingerprint density at radius 3 is 2.48 bits per heavy atom. The molecule has 0 aliphatic rings. The smallest absolute Gasteiger partial charge is 0.286 e. The zero-order valence-corrected chi connectivity index (χ0v) is 16.0. The van der Waals surface area contributed by atoms with Crippen LogP contribution in [0.1, 0.15) is 39.4 Å². The van der Waals surface area contributed by atoms with E-state index in [9.17, 15) is 9.59 Å². The zero-order chi connectivity index (χ0) is 19.2. The molecular formula is C19H17BrN4O3. The fourth-order valence-electron chi connectivity index (χ4n) is 2.31. The number of hydrazine groups is 1. The fourth-order valence-corrected chi connectivity index (χ4v) is 2.65. The van der Waals surface area contributed by atoms with Crippen LogP contribution < -0.4 is 15.6 Å². The number of nitrogens with zero attached hydrogens (tertiary/aromatic N) is 1. The van der Waals surface area contributed by atoms with Crippen molar-refractivity contribution in [3.8, 4) is 5.88 Å². The Labute approximate surface area is 164 Å². The van der Waals surface area contributed by atoms with Gasteiger partial charge in [0.05, 0.1) is 5.56 Å². The van der Waals surface area contributed by atoms with Gasteiger partial charge in [0.2, 0.25) is 5.88 Å². The molecule has 0 aliphatic carbocycles. The number of aromatic nitrogens is 2. The van der Waals surface area contributed by atoms with E-state index in [1.165, 1.54) is 6.20 Å². The second-order valence-corrected chi connectivity index (χ2v) is 6.61. The number of ether oxygens (including phenoxy) is 1. The van der Waals surface area contributed by atoms with Crippen molar-refractivity contribution < 1.29 is 14.3 Å². The maximum absolute atomic E-state index is 12.1. The van der Waals surface area contributed by atoms with Crippen molar-refractivity contribution in [2.24, 2.45) is 0 Å². The van der Waals surface area contributed by atoms with E-state index in [1.807, 2.05) is 37.3 Å². The molecule has 0 saturated carbocycles. The van der Waals surface area contributed by atoms with Crippen LogP contribution >= 0.6 is 15.9 Å². The highest BCUT2D eigenvalue weighted by molar-refractivity contribution is 9.10. The van der Waals surface area contributed by atoms with E-state index >= 15 is 0 Å². The molecule has 2 amide bonds. The molecule has 0 unspecified atom stereocenters. The summed E-state index contributed by atoms with van der Waals surface area (Å²) in [6.07, 6.45) is 2.84. The maximum Gasteiger partial charge on any atom is 0.286 e. The molecule has 8 heteroatoms. The molecule has 3 rings (SSSR count). The minimum atomic E-state index is -0.482. The van der Waals surface area contributed by atoms with E-state index in [-0.39, 0.29) is 6.10 Å². The van der Waals surface area contributed by atoms with Gasteiger partial charge in [-0.3, -0.25) is 20.4 Å². The maximum atomic E-state index is 12.1. The highest BCUT2D eigenvalue weighted by Gasteiger charge is 2.12. The average Bonchev–Trinajstić information content (AvgIpc) is 3.13. The summed E-state index contributed by atoms with van der Waals surface area (Å²) in [6.45, 7) is 1.92. The topological polar surface area (TPSA) is 96.1 Å². The minimum absolute atomic E-state index is 0.169. The monoisotopic (exact) mass is 428 g/mol. The summed E-state index contributed by atoms with van der Waals surface area (Å²) < 4.78 is 6.51. The number of halogens is 1. The van der Waals surface area contributed by atoms with Crippen LogP contribution in [0.15, 0.2) is 65.4 Å². The quantitative estimate of drug-likeness (QED) is 0.542. The lowest BCUT2D eigenvalue weighted by molar-refractivity contribution is 0.0844. The molecule has 1 atom stereocenters. The van der Waals surface area contributed by atoms with Crippen molar-refractivity contribution in [3.05, 3.63) is 82.2 Å². The van der Waals surface area contributed by atoms with Crippen molar-refractivity contribution in [1.29, 1.82) is 0 Å². The second kappa shape index (κ2) is 8.50. The first-order valence-corrected chi connectivity index (χ1v) is 8.94. The van der Waals surface area contributed by atoms with Gasteiger partial charge < -0.3 is 9.72 Å². The summed E-state index contributed by atoms with van der Waals surface area (Å²) in [6, 6.07) is 14.5. The van der Waals surface area contributed by atoms with Crippen LogP contribution in [0.4, 0.5) is 0 Å². The number of H-pyrrole nitrogens is 1. The number of hydrogen-bond donors (Lipinski definition) is 3. The molecule has 2 heterocycles. The lowest BCUT2D eigenvalue weighted by Crippen LogP contribution is -2.41. The lowest BCUT2D eigenvalue weighted by Gasteiger charge is -2.14. The Morgan fingerprint density at radius 1 is 1.11 bits per heavy atom. The summed E-state index contributed by atoms with van der Waals surface area (Å²) >= 11 is 3.24. The van der Waals surface area contributed by atoms with E-state index in [0.29, 0.717) is 17.1 Å². The predicted molar refractivity (Wildman–Crippen MR) is 103 cm³/mol. The molecule has 27 heavy (non-hydrogen) atoms. The molecular weight excluding hydrogens is 412 g/mol. The van der Waals surface area contributed by atoms with Gasteiger partial charge in [-0.15, -0.1) is 0 Å². The first-order chi connectivity index (χ1) is 13.0. The van der Waals surface area contributed by atoms with E-state index in [0.717, 1.165) is 10.0 Å². The highest BCUT2D eigenvalue weighted by Crippen LogP contribution is 2.19. The highest BCUT2D eigenvalue weighted by atomic mass is 79.9. The van der Waals surface area contributed by atoms with Crippen molar-refractivity contribution in [3.63, 3.8) is 0 Å². The molecule has 2 aromatic heterocycles. The third kappa shape index (κ3) is 4.95. The Balaban J connectivity index is 1.55. The normalized spacial score (nSPS) is 11.5. The number of rotatable bonds is 5. The number of benzene rings is 1. The first kappa shape index (κ1) is 18.7. The van der Waals surface area contributed by atoms with Gasteiger partial charge in [0.25, 0.3) is 11.8 Å². The van der Waals surface area contributed by atoms with Crippen LogP contribution in [0, 0.1) is 0 Å². The number of pyridine rings is 1. The van der Waals surface area contributed by atoms with E-state index < -0.39 is 11.8 Å². The van der Waals surface area contributed by atoms with Crippen molar-refractivity contribution in [1.82, 2.24) is 20.8 Å².